The van der Waals surface area contributed by atoms with Crippen LogP contribution in [0, 0.1) is 0 Å². The summed E-state index contributed by atoms with van der Waals surface area (Å²) in [5.74, 6) is 0.802. The van der Waals surface area contributed by atoms with Gasteiger partial charge in [0.15, 0.2) is 5.43 Å². The lowest BCUT2D eigenvalue weighted by Gasteiger charge is -2.15. The molecule has 3 aromatic rings. The van der Waals surface area contributed by atoms with E-state index in [1.165, 1.54) is 0 Å². The molecule has 0 N–H and O–H groups in total. The molecule has 0 saturated carbocycles. The fourth-order valence-corrected chi connectivity index (χ4v) is 2.88. The van der Waals surface area contributed by atoms with E-state index >= 15 is 0 Å². The summed E-state index contributed by atoms with van der Waals surface area (Å²) in [5.41, 5.74) is 1.98. The second-order valence-corrected chi connectivity index (χ2v) is 5.92. The number of hydrogen-bond acceptors (Lipinski definition) is 3. The molecule has 0 spiro atoms. The molecule has 0 aliphatic carbocycles. The van der Waals surface area contributed by atoms with Gasteiger partial charge in [-0.15, -0.1) is 0 Å². The lowest BCUT2D eigenvalue weighted by Crippen LogP contribution is -2.19. The van der Waals surface area contributed by atoms with Crippen LogP contribution in [-0.4, -0.2) is 36.7 Å². The molecule has 4 nitrogen and oxygen atoms in total. The normalized spacial score (nSPS) is 11.5. The molecular weight excluding hydrogens is 288 g/mol. The molecule has 1 heterocycles. The third kappa shape index (κ3) is 2.94. The van der Waals surface area contributed by atoms with E-state index < -0.39 is 0 Å². The molecule has 0 fully saturated rings. The molecule has 3 rings (SSSR count). The van der Waals surface area contributed by atoms with E-state index in [1.54, 1.807) is 0 Å². The van der Waals surface area contributed by atoms with Crippen LogP contribution in [0.25, 0.3) is 21.8 Å². The van der Waals surface area contributed by atoms with Crippen molar-refractivity contribution in [2.45, 2.75) is 13.5 Å². The number of rotatable bonds is 5. The second kappa shape index (κ2) is 6.42. The van der Waals surface area contributed by atoms with Gasteiger partial charge in [-0.25, -0.2) is 0 Å². The number of benzene rings is 2. The molecule has 2 aromatic carbocycles. The van der Waals surface area contributed by atoms with Gasteiger partial charge in [-0.05, 0) is 45.3 Å². The van der Waals surface area contributed by atoms with Gasteiger partial charge in [0.2, 0.25) is 0 Å². The fraction of sp³-hybridized carbons (Fsp3) is 0.316. The van der Waals surface area contributed by atoms with Crippen LogP contribution in [0.3, 0.4) is 0 Å². The Bertz CT molecular complexity index is 897. The van der Waals surface area contributed by atoms with Crippen LogP contribution in [0.5, 0.6) is 5.75 Å². The highest BCUT2D eigenvalue weighted by Crippen LogP contribution is 2.23. The summed E-state index contributed by atoms with van der Waals surface area (Å²) < 4.78 is 7.99. The Kier molecular flexibility index (Phi) is 4.35. The Morgan fingerprint density at radius 2 is 1.78 bits per heavy atom. The molecular formula is C19H22N2O2. The summed E-state index contributed by atoms with van der Waals surface area (Å²) in [4.78, 5) is 14.8. The lowest BCUT2D eigenvalue weighted by atomic mass is 10.1. The maximum atomic E-state index is 12.7. The zero-order chi connectivity index (χ0) is 16.4. The molecule has 0 aliphatic heterocycles. The van der Waals surface area contributed by atoms with E-state index in [-0.39, 0.29) is 5.43 Å². The fourth-order valence-electron chi connectivity index (χ4n) is 2.88. The van der Waals surface area contributed by atoms with Gasteiger partial charge in [0.1, 0.15) is 12.4 Å². The summed E-state index contributed by atoms with van der Waals surface area (Å²) in [5, 5.41) is 1.51. The number of ether oxygens (including phenoxy) is 1. The minimum absolute atomic E-state index is 0.0835. The van der Waals surface area contributed by atoms with E-state index in [2.05, 4.69) is 16.4 Å². The molecule has 0 unspecified atom stereocenters. The van der Waals surface area contributed by atoms with Crippen LogP contribution in [0.1, 0.15) is 6.92 Å². The minimum atomic E-state index is 0.0835. The molecule has 0 radical (unpaired) electrons. The van der Waals surface area contributed by atoms with Crippen molar-refractivity contribution in [1.29, 1.82) is 0 Å². The highest BCUT2D eigenvalue weighted by atomic mass is 16.5. The van der Waals surface area contributed by atoms with Crippen molar-refractivity contribution in [2.75, 3.05) is 27.2 Å². The van der Waals surface area contributed by atoms with Crippen LogP contribution < -0.4 is 10.2 Å². The van der Waals surface area contributed by atoms with Crippen molar-refractivity contribution in [1.82, 2.24) is 9.47 Å². The summed E-state index contributed by atoms with van der Waals surface area (Å²) >= 11 is 0. The molecule has 0 saturated heterocycles. The number of aromatic nitrogens is 1. The van der Waals surface area contributed by atoms with Gasteiger partial charge in [0, 0.05) is 29.9 Å². The maximum Gasteiger partial charge on any atom is 0.197 e. The number of aryl methyl sites for hydroxylation is 1. The van der Waals surface area contributed by atoms with Crippen LogP contribution in [0.15, 0.2) is 47.3 Å². The van der Waals surface area contributed by atoms with Gasteiger partial charge >= 0.3 is 0 Å². The number of para-hydroxylation sites is 1. The quantitative estimate of drug-likeness (QED) is 0.679. The molecule has 1 aromatic heterocycles. The van der Waals surface area contributed by atoms with Gasteiger partial charge in [0.05, 0.1) is 11.0 Å². The number of pyridine rings is 1. The van der Waals surface area contributed by atoms with E-state index in [0.29, 0.717) is 6.61 Å². The second-order valence-electron chi connectivity index (χ2n) is 5.92. The van der Waals surface area contributed by atoms with Crippen LogP contribution in [0.4, 0.5) is 0 Å². The standard InChI is InChI=1S/C19H22N2O2/c1-4-21-17-8-6-5-7-15(17)19(22)16-10-9-14(13-18(16)21)23-12-11-20(2)3/h5-10,13H,4,11-12H2,1-3H3. The molecule has 120 valence electrons. The van der Waals surface area contributed by atoms with Crippen molar-refractivity contribution in [2.24, 2.45) is 0 Å². The Morgan fingerprint density at radius 3 is 2.52 bits per heavy atom. The SMILES string of the molecule is CCn1c2ccccc2c(=O)c2ccc(OCCN(C)C)cc21. The molecule has 0 aliphatic rings. The molecule has 0 bridgehead atoms. The lowest BCUT2D eigenvalue weighted by molar-refractivity contribution is 0.261. The molecule has 4 heteroatoms. The molecule has 0 amide bonds. The van der Waals surface area contributed by atoms with E-state index in [4.69, 9.17) is 4.74 Å². The zero-order valence-electron chi connectivity index (χ0n) is 13.9. The smallest absolute Gasteiger partial charge is 0.197 e. The Hall–Kier alpha value is -2.33. The molecule has 23 heavy (non-hydrogen) atoms. The first kappa shape index (κ1) is 15.6. The monoisotopic (exact) mass is 310 g/mol. The van der Waals surface area contributed by atoms with Gasteiger partial charge in [0.25, 0.3) is 0 Å². The van der Waals surface area contributed by atoms with E-state index in [0.717, 1.165) is 40.6 Å². The summed E-state index contributed by atoms with van der Waals surface area (Å²) in [6, 6.07) is 13.5. The number of likely N-dealkylation sites (N-methyl/N-ethyl adjacent to an activating group) is 1. The predicted octanol–water partition coefficient (Wildman–Crippen LogP) is 3.12. The van der Waals surface area contributed by atoms with Gasteiger partial charge in [-0.2, -0.15) is 0 Å². The van der Waals surface area contributed by atoms with E-state index in [1.807, 2.05) is 56.6 Å². The number of hydrogen-bond donors (Lipinski definition) is 0. The topological polar surface area (TPSA) is 34.5 Å². The predicted molar refractivity (Wildman–Crippen MR) is 95.4 cm³/mol. The first-order chi connectivity index (χ1) is 11.1. The first-order valence-electron chi connectivity index (χ1n) is 7.94. The van der Waals surface area contributed by atoms with Gasteiger partial charge in [-0.1, -0.05) is 12.1 Å². The van der Waals surface area contributed by atoms with Crippen LogP contribution in [0.2, 0.25) is 0 Å². The average Bonchev–Trinajstić information content (AvgIpc) is 2.55. The van der Waals surface area contributed by atoms with Crippen molar-refractivity contribution in [3.63, 3.8) is 0 Å². The Morgan fingerprint density at radius 1 is 1.04 bits per heavy atom. The third-order valence-corrected chi connectivity index (χ3v) is 4.07. The number of nitrogens with zero attached hydrogens (tertiary/aromatic N) is 2. The molecule has 0 atom stereocenters. The Labute approximate surface area is 135 Å². The van der Waals surface area contributed by atoms with E-state index in [9.17, 15) is 4.79 Å². The maximum absolute atomic E-state index is 12.7. The largest absolute Gasteiger partial charge is 0.492 e. The average molecular weight is 310 g/mol. The summed E-state index contributed by atoms with van der Waals surface area (Å²) in [6.07, 6.45) is 0. The summed E-state index contributed by atoms with van der Waals surface area (Å²) in [7, 11) is 4.04. The van der Waals surface area contributed by atoms with Crippen molar-refractivity contribution in [3.05, 3.63) is 52.7 Å². The van der Waals surface area contributed by atoms with Gasteiger partial charge in [-0.3, -0.25) is 4.79 Å². The third-order valence-electron chi connectivity index (χ3n) is 4.07. The Balaban J connectivity index is 2.14. The van der Waals surface area contributed by atoms with Crippen molar-refractivity contribution in [3.8, 4) is 5.75 Å². The van der Waals surface area contributed by atoms with Gasteiger partial charge < -0.3 is 14.2 Å². The number of fused-ring (bicyclic) bond motifs is 2. The minimum Gasteiger partial charge on any atom is -0.492 e. The zero-order valence-corrected chi connectivity index (χ0v) is 13.9. The first-order valence-corrected chi connectivity index (χ1v) is 7.94. The van der Waals surface area contributed by atoms with Crippen molar-refractivity contribution < 1.29 is 4.74 Å². The highest BCUT2D eigenvalue weighted by Gasteiger charge is 2.10. The summed E-state index contributed by atoms with van der Waals surface area (Å²) in [6.45, 7) is 4.38. The van der Waals surface area contributed by atoms with Crippen LogP contribution >= 0.6 is 0 Å². The van der Waals surface area contributed by atoms with Crippen LogP contribution in [-0.2, 0) is 6.54 Å². The highest BCUT2D eigenvalue weighted by molar-refractivity contribution is 5.94. The van der Waals surface area contributed by atoms with Crippen molar-refractivity contribution >= 4 is 21.8 Å².